The monoisotopic (exact) mass is 368 g/mol. The Hall–Kier alpha value is 0.120. The summed E-state index contributed by atoms with van der Waals surface area (Å²) < 4.78 is 6.03. The molecule has 3 unspecified atom stereocenters. The molecule has 104 valence electrons. The number of carbonyl (C=O) groups excluding carboxylic acids is 1. The van der Waals surface area contributed by atoms with Gasteiger partial charge in [-0.25, -0.2) is 0 Å². The molecule has 2 N–H and O–H groups in total. The van der Waals surface area contributed by atoms with Gasteiger partial charge in [-0.1, -0.05) is 22.6 Å². The van der Waals surface area contributed by atoms with E-state index >= 15 is 0 Å². The van der Waals surface area contributed by atoms with Gasteiger partial charge in [-0.3, -0.25) is 4.79 Å². The number of cyclic esters (lactones) is 1. The molecule has 2 rings (SSSR count). The van der Waals surface area contributed by atoms with Crippen molar-refractivity contribution in [2.24, 2.45) is 23.2 Å². The molecule has 0 aromatic carbocycles. The van der Waals surface area contributed by atoms with Gasteiger partial charge in [0.1, 0.15) is 0 Å². The van der Waals surface area contributed by atoms with Crippen molar-refractivity contribution in [1.82, 2.24) is 0 Å². The second-order valence-corrected chi connectivity index (χ2v) is 6.67. The third kappa shape index (κ3) is 2.82. The molecular formula is C13H21IO4. The van der Waals surface area contributed by atoms with Crippen LogP contribution in [0, 0.1) is 23.2 Å². The summed E-state index contributed by atoms with van der Waals surface area (Å²) in [5.41, 5.74) is -0.330. The number of rotatable bonds is 5. The Morgan fingerprint density at radius 2 is 1.94 bits per heavy atom. The number of aliphatic hydroxyl groups excluding tert-OH is 2. The van der Waals surface area contributed by atoms with E-state index < -0.39 is 0 Å². The van der Waals surface area contributed by atoms with Gasteiger partial charge in [-0.05, 0) is 37.5 Å². The fourth-order valence-corrected chi connectivity index (χ4v) is 4.44. The highest BCUT2D eigenvalue weighted by molar-refractivity contribution is 14.1. The summed E-state index contributed by atoms with van der Waals surface area (Å²) in [5.74, 6) is 0.900. The molecule has 0 amide bonds. The van der Waals surface area contributed by atoms with Gasteiger partial charge in [0.25, 0.3) is 0 Å². The first-order valence-electron chi connectivity index (χ1n) is 6.58. The number of alkyl halides is 1. The molecule has 5 heteroatoms. The fraction of sp³-hybridized carbons (Fsp3) is 0.923. The average Bonchev–Trinajstić information content (AvgIpc) is 2.95. The molecular weight excluding hydrogens is 347 g/mol. The van der Waals surface area contributed by atoms with Gasteiger partial charge in [0.05, 0.1) is 25.7 Å². The van der Waals surface area contributed by atoms with Crippen LogP contribution in [0.3, 0.4) is 0 Å². The summed E-state index contributed by atoms with van der Waals surface area (Å²) >= 11 is 2.37. The van der Waals surface area contributed by atoms with Gasteiger partial charge in [0.15, 0.2) is 0 Å². The molecule has 1 saturated heterocycles. The summed E-state index contributed by atoms with van der Waals surface area (Å²) in [5, 5.41) is 19.0. The highest BCUT2D eigenvalue weighted by Gasteiger charge is 2.45. The van der Waals surface area contributed by atoms with E-state index in [0.29, 0.717) is 18.4 Å². The van der Waals surface area contributed by atoms with E-state index in [1.165, 1.54) is 0 Å². The summed E-state index contributed by atoms with van der Waals surface area (Å²) in [6.07, 6.45) is 3.38. The van der Waals surface area contributed by atoms with Crippen LogP contribution in [0.15, 0.2) is 0 Å². The Morgan fingerprint density at radius 1 is 1.28 bits per heavy atom. The smallest absolute Gasteiger partial charge is 0.309 e. The van der Waals surface area contributed by atoms with E-state index in [-0.39, 0.29) is 30.5 Å². The van der Waals surface area contributed by atoms with Crippen LogP contribution in [0.5, 0.6) is 0 Å². The number of ether oxygens (including phenoxy) is 1. The van der Waals surface area contributed by atoms with E-state index in [4.69, 9.17) is 4.74 Å². The van der Waals surface area contributed by atoms with Gasteiger partial charge in [-0.2, -0.15) is 0 Å². The third-order valence-electron chi connectivity index (χ3n) is 4.56. The molecule has 1 aliphatic carbocycles. The molecule has 0 radical (unpaired) electrons. The van der Waals surface area contributed by atoms with Crippen molar-refractivity contribution < 1.29 is 19.7 Å². The molecule has 3 atom stereocenters. The zero-order chi connectivity index (χ0) is 13.2. The first-order valence-corrected chi connectivity index (χ1v) is 8.11. The highest BCUT2D eigenvalue weighted by Crippen LogP contribution is 2.48. The molecule has 0 aromatic rings. The molecule has 1 heterocycles. The van der Waals surface area contributed by atoms with E-state index in [1.54, 1.807) is 0 Å². The second kappa shape index (κ2) is 6.05. The molecule has 2 fully saturated rings. The van der Waals surface area contributed by atoms with Crippen LogP contribution >= 0.6 is 22.6 Å². The van der Waals surface area contributed by atoms with Crippen LogP contribution in [0.25, 0.3) is 0 Å². The zero-order valence-electron chi connectivity index (χ0n) is 10.5. The Balaban J connectivity index is 2.00. The normalized spacial score (nSPS) is 34.8. The molecule has 18 heavy (non-hydrogen) atoms. The average molecular weight is 368 g/mol. The lowest BCUT2D eigenvalue weighted by Crippen LogP contribution is -2.27. The Morgan fingerprint density at radius 3 is 2.44 bits per heavy atom. The number of halogens is 1. The van der Waals surface area contributed by atoms with E-state index in [1.807, 2.05) is 0 Å². The summed E-state index contributed by atoms with van der Waals surface area (Å²) in [7, 11) is 0. The van der Waals surface area contributed by atoms with Gasteiger partial charge in [0.2, 0.25) is 0 Å². The largest absolute Gasteiger partial charge is 0.465 e. The quantitative estimate of drug-likeness (QED) is 0.437. The van der Waals surface area contributed by atoms with Crippen molar-refractivity contribution in [2.75, 3.05) is 24.2 Å². The Labute approximate surface area is 121 Å². The Kier molecular flexibility index (Phi) is 4.88. The van der Waals surface area contributed by atoms with Crippen molar-refractivity contribution in [3.05, 3.63) is 0 Å². The first-order chi connectivity index (χ1) is 8.64. The van der Waals surface area contributed by atoms with Gasteiger partial charge in [-0.15, -0.1) is 0 Å². The number of carbonyl (C=O) groups is 1. The van der Waals surface area contributed by atoms with Crippen molar-refractivity contribution in [1.29, 1.82) is 0 Å². The van der Waals surface area contributed by atoms with Crippen LogP contribution in [0.2, 0.25) is 0 Å². The summed E-state index contributed by atoms with van der Waals surface area (Å²) in [6.45, 7) is 0.640. The molecule has 0 bridgehead atoms. The third-order valence-corrected chi connectivity index (χ3v) is 5.69. The predicted octanol–water partition coefficient (Wildman–Crippen LogP) is 1.37. The van der Waals surface area contributed by atoms with Crippen LogP contribution in [-0.2, 0) is 9.53 Å². The van der Waals surface area contributed by atoms with E-state index in [9.17, 15) is 15.0 Å². The molecule has 1 saturated carbocycles. The Bertz CT molecular complexity index is 303. The number of esters is 1. The van der Waals surface area contributed by atoms with Crippen molar-refractivity contribution >= 4 is 28.6 Å². The number of hydrogen-bond donors (Lipinski definition) is 2. The molecule has 1 aliphatic heterocycles. The second-order valence-electron chi connectivity index (χ2n) is 5.79. The fourth-order valence-electron chi connectivity index (χ4n) is 3.41. The van der Waals surface area contributed by atoms with Gasteiger partial charge < -0.3 is 14.9 Å². The summed E-state index contributed by atoms with van der Waals surface area (Å²) in [4.78, 5) is 11.5. The number of aliphatic hydroxyl groups is 2. The summed E-state index contributed by atoms with van der Waals surface area (Å²) in [6, 6.07) is 0. The highest BCUT2D eigenvalue weighted by atomic mass is 127. The van der Waals surface area contributed by atoms with Crippen molar-refractivity contribution in [2.45, 2.75) is 25.7 Å². The van der Waals surface area contributed by atoms with Gasteiger partial charge in [0, 0.05) is 9.84 Å². The maximum absolute atomic E-state index is 11.5. The standard InChI is InChI=1S/C13H21IO4/c14-6-11-5-13(7-15,8-16)4-10(11)3-9-1-2-18-12(9)17/h9-11,15-16H,1-8H2. The van der Waals surface area contributed by atoms with Crippen molar-refractivity contribution in [3.63, 3.8) is 0 Å². The van der Waals surface area contributed by atoms with Crippen LogP contribution in [0.4, 0.5) is 0 Å². The van der Waals surface area contributed by atoms with Crippen LogP contribution in [-0.4, -0.2) is 40.4 Å². The topological polar surface area (TPSA) is 66.8 Å². The van der Waals surface area contributed by atoms with E-state index in [0.717, 1.165) is 30.1 Å². The van der Waals surface area contributed by atoms with Gasteiger partial charge >= 0.3 is 5.97 Å². The molecule has 4 nitrogen and oxygen atoms in total. The molecule has 0 spiro atoms. The lowest BCUT2D eigenvalue weighted by molar-refractivity contribution is -0.141. The molecule has 0 aromatic heterocycles. The number of hydrogen-bond acceptors (Lipinski definition) is 4. The minimum Gasteiger partial charge on any atom is -0.465 e. The SMILES string of the molecule is O=C1OCCC1CC1CC(CO)(CO)CC1CI. The predicted molar refractivity (Wildman–Crippen MR) is 75.4 cm³/mol. The maximum atomic E-state index is 11.5. The minimum absolute atomic E-state index is 0.0358. The van der Waals surface area contributed by atoms with Crippen molar-refractivity contribution in [3.8, 4) is 0 Å². The minimum atomic E-state index is -0.330. The molecule has 2 aliphatic rings. The van der Waals surface area contributed by atoms with E-state index in [2.05, 4.69) is 22.6 Å². The van der Waals surface area contributed by atoms with Crippen LogP contribution < -0.4 is 0 Å². The lowest BCUT2D eigenvalue weighted by Gasteiger charge is -2.24. The van der Waals surface area contributed by atoms with Crippen LogP contribution in [0.1, 0.15) is 25.7 Å². The zero-order valence-corrected chi connectivity index (χ0v) is 12.6. The maximum Gasteiger partial charge on any atom is 0.309 e. The lowest BCUT2D eigenvalue weighted by atomic mass is 9.84. The first kappa shape index (κ1) is 14.5.